The maximum Gasteiger partial charge on any atom is 0.321 e. The van der Waals surface area contributed by atoms with E-state index in [4.69, 9.17) is 4.74 Å². The normalized spacial score (nSPS) is 18.4. The van der Waals surface area contributed by atoms with Crippen molar-refractivity contribution in [2.24, 2.45) is 5.92 Å². The molecule has 150 valence electrons. The summed E-state index contributed by atoms with van der Waals surface area (Å²) in [6.07, 6.45) is 9.26. The zero-order chi connectivity index (χ0) is 19.3. The van der Waals surface area contributed by atoms with E-state index in [0.29, 0.717) is 11.8 Å². The summed E-state index contributed by atoms with van der Waals surface area (Å²) in [5.41, 5.74) is 1.95. The second kappa shape index (κ2) is 8.63. The first kappa shape index (κ1) is 18.8. The number of carbonyl (C=O) groups is 1. The number of nitrogens with one attached hydrogen (secondary N) is 1. The second-order valence-electron chi connectivity index (χ2n) is 7.94. The lowest BCUT2D eigenvalue weighted by Gasteiger charge is -2.31. The van der Waals surface area contributed by atoms with Gasteiger partial charge in [-0.2, -0.15) is 0 Å². The molecule has 1 saturated heterocycles. The topological polar surface area (TPSA) is 72.3 Å². The molecule has 28 heavy (non-hydrogen) atoms. The maximum absolute atomic E-state index is 12.5. The number of nitrogens with zero attached hydrogens (tertiary/aromatic N) is 4. The number of ether oxygens (including phenoxy) is 1. The van der Waals surface area contributed by atoms with Crippen LogP contribution in [0.3, 0.4) is 0 Å². The third-order valence-corrected chi connectivity index (χ3v) is 6.02. The molecule has 0 radical (unpaired) electrons. The van der Waals surface area contributed by atoms with E-state index in [2.05, 4.69) is 21.8 Å². The van der Waals surface area contributed by atoms with E-state index in [1.165, 1.54) is 25.7 Å². The highest BCUT2D eigenvalue weighted by Crippen LogP contribution is 2.32. The number of rotatable bonds is 5. The van der Waals surface area contributed by atoms with Gasteiger partial charge < -0.3 is 15.0 Å². The molecule has 7 nitrogen and oxygen atoms in total. The standard InChI is InChI=1S/C21H29N5O2/c1-28-19-8-6-18(7-9-19)22-21(27)25-12-10-16(11-13-25)14-26-15-20(23-24-26)17-4-2-3-5-17/h6-9,15-17H,2-5,10-14H2,1H3,(H,22,27). The Morgan fingerprint density at radius 2 is 1.86 bits per heavy atom. The number of likely N-dealkylation sites (tertiary alicyclic amines) is 1. The van der Waals surface area contributed by atoms with Crippen molar-refractivity contribution in [3.8, 4) is 5.75 Å². The minimum absolute atomic E-state index is 0.0344. The number of urea groups is 1. The molecule has 2 heterocycles. The summed E-state index contributed by atoms with van der Waals surface area (Å²) in [7, 11) is 1.63. The Hall–Kier alpha value is -2.57. The van der Waals surface area contributed by atoms with Crippen LogP contribution in [0.1, 0.15) is 50.1 Å². The number of anilines is 1. The Morgan fingerprint density at radius 1 is 1.14 bits per heavy atom. The van der Waals surface area contributed by atoms with Crippen molar-refractivity contribution in [3.05, 3.63) is 36.2 Å². The predicted octanol–water partition coefficient (Wildman–Crippen LogP) is 3.89. The van der Waals surface area contributed by atoms with E-state index in [1.54, 1.807) is 7.11 Å². The highest BCUT2D eigenvalue weighted by Gasteiger charge is 2.24. The van der Waals surface area contributed by atoms with Crippen molar-refractivity contribution in [2.75, 3.05) is 25.5 Å². The SMILES string of the molecule is COc1ccc(NC(=O)N2CCC(Cn3cc(C4CCCC4)nn3)CC2)cc1. The minimum Gasteiger partial charge on any atom is -0.497 e. The van der Waals surface area contributed by atoms with Crippen molar-refractivity contribution >= 4 is 11.7 Å². The molecule has 2 amide bonds. The van der Waals surface area contributed by atoms with Gasteiger partial charge in [0.15, 0.2) is 0 Å². The zero-order valence-corrected chi connectivity index (χ0v) is 16.5. The molecular formula is C21H29N5O2. The third-order valence-electron chi connectivity index (χ3n) is 6.02. The number of carbonyl (C=O) groups excluding carboxylic acids is 1. The summed E-state index contributed by atoms with van der Waals surface area (Å²) in [5.74, 6) is 1.93. The lowest BCUT2D eigenvalue weighted by molar-refractivity contribution is 0.175. The lowest BCUT2D eigenvalue weighted by atomic mass is 9.97. The van der Waals surface area contributed by atoms with Gasteiger partial charge in [0.1, 0.15) is 5.75 Å². The molecule has 0 atom stereocenters. The summed E-state index contributed by atoms with van der Waals surface area (Å²) in [6.45, 7) is 2.45. The summed E-state index contributed by atoms with van der Waals surface area (Å²) in [5, 5.41) is 11.7. The van der Waals surface area contributed by atoms with Gasteiger partial charge in [-0.05, 0) is 55.9 Å². The molecule has 1 saturated carbocycles. The Morgan fingerprint density at radius 3 is 2.54 bits per heavy atom. The monoisotopic (exact) mass is 383 g/mol. The molecule has 1 aliphatic heterocycles. The maximum atomic E-state index is 12.5. The van der Waals surface area contributed by atoms with Crippen LogP contribution in [0.15, 0.2) is 30.5 Å². The number of methoxy groups -OCH3 is 1. The Labute approximate surface area is 166 Å². The number of aromatic nitrogens is 3. The number of hydrogen-bond donors (Lipinski definition) is 1. The molecule has 2 fully saturated rings. The predicted molar refractivity (Wildman–Crippen MR) is 108 cm³/mol. The molecule has 1 aromatic carbocycles. The van der Waals surface area contributed by atoms with Crippen LogP contribution in [0.4, 0.5) is 10.5 Å². The van der Waals surface area contributed by atoms with Gasteiger partial charge in [-0.3, -0.25) is 4.68 Å². The average Bonchev–Trinajstić information content (AvgIpc) is 3.41. The van der Waals surface area contributed by atoms with Crippen LogP contribution in [-0.2, 0) is 6.54 Å². The molecular weight excluding hydrogens is 354 g/mol. The largest absolute Gasteiger partial charge is 0.497 e. The van der Waals surface area contributed by atoms with Crippen LogP contribution in [-0.4, -0.2) is 46.1 Å². The van der Waals surface area contributed by atoms with Gasteiger partial charge in [0.05, 0.1) is 12.8 Å². The summed E-state index contributed by atoms with van der Waals surface area (Å²) in [6, 6.07) is 7.37. The van der Waals surface area contributed by atoms with Gasteiger partial charge in [-0.1, -0.05) is 18.1 Å². The smallest absolute Gasteiger partial charge is 0.321 e. The fourth-order valence-electron chi connectivity index (χ4n) is 4.27. The molecule has 4 rings (SSSR count). The van der Waals surface area contributed by atoms with Gasteiger partial charge in [0.25, 0.3) is 0 Å². The van der Waals surface area contributed by atoms with Crippen LogP contribution in [0.5, 0.6) is 5.75 Å². The molecule has 0 spiro atoms. The zero-order valence-electron chi connectivity index (χ0n) is 16.5. The molecule has 1 N–H and O–H groups in total. The molecule has 2 aromatic rings. The number of benzene rings is 1. The van der Waals surface area contributed by atoms with Crippen molar-refractivity contribution in [3.63, 3.8) is 0 Å². The van der Waals surface area contributed by atoms with Crippen LogP contribution in [0, 0.1) is 5.92 Å². The third kappa shape index (κ3) is 4.46. The molecule has 2 aliphatic rings. The van der Waals surface area contributed by atoms with Crippen molar-refractivity contribution in [1.29, 1.82) is 0 Å². The quantitative estimate of drug-likeness (QED) is 0.850. The van der Waals surface area contributed by atoms with E-state index in [0.717, 1.165) is 49.6 Å². The van der Waals surface area contributed by atoms with E-state index >= 15 is 0 Å². The van der Waals surface area contributed by atoms with E-state index in [-0.39, 0.29) is 6.03 Å². The molecule has 1 aromatic heterocycles. The second-order valence-corrected chi connectivity index (χ2v) is 7.94. The van der Waals surface area contributed by atoms with Gasteiger partial charge in [0, 0.05) is 37.4 Å². The van der Waals surface area contributed by atoms with Crippen molar-refractivity contribution in [1.82, 2.24) is 19.9 Å². The average molecular weight is 383 g/mol. The molecule has 0 bridgehead atoms. The minimum atomic E-state index is -0.0344. The van der Waals surface area contributed by atoms with Crippen LogP contribution in [0.25, 0.3) is 0 Å². The summed E-state index contributed by atoms with van der Waals surface area (Å²) in [4.78, 5) is 14.4. The fraction of sp³-hybridized carbons (Fsp3) is 0.571. The van der Waals surface area contributed by atoms with Crippen LogP contribution >= 0.6 is 0 Å². The van der Waals surface area contributed by atoms with Gasteiger partial charge in [0.2, 0.25) is 0 Å². The van der Waals surface area contributed by atoms with Crippen molar-refractivity contribution < 1.29 is 9.53 Å². The highest BCUT2D eigenvalue weighted by atomic mass is 16.5. The fourth-order valence-corrected chi connectivity index (χ4v) is 4.27. The first-order chi connectivity index (χ1) is 13.7. The van der Waals surface area contributed by atoms with Crippen LogP contribution in [0.2, 0.25) is 0 Å². The number of amides is 2. The van der Waals surface area contributed by atoms with Crippen LogP contribution < -0.4 is 10.1 Å². The molecule has 0 unspecified atom stereocenters. The first-order valence-electron chi connectivity index (χ1n) is 10.3. The lowest BCUT2D eigenvalue weighted by Crippen LogP contribution is -2.41. The highest BCUT2D eigenvalue weighted by molar-refractivity contribution is 5.89. The van der Waals surface area contributed by atoms with E-state index < -0.39 is 0 Å². The van der Waals surface area contributed by atoms with Crippen molar-refractivity contribution in [2.45, 2.75) is 51.0 Å². The Balaban J connectivity index is 1.24. The molecule has 7 heteroatoms. The number of piperidine rings is 1. The van der Waals surface area contributed by atoms with Gasteiger partial charge in [-0.25, -0.2) is 4.79 Å². The Kier molecular flexibility index (Phi) is 5.78. The molecule has 1 aliphatic carbocycles. The van der Waals surface area contributed by atoms with E-state index in [9.17, 15) is 4.79 Å². The van der Waals surface area contributed by atoms with E-state index in [1.807, 2.05) is 33.8 Å². The van der Waals surface area contributed by atoms with Gasteiger partial charge >= 0.3 is 6.03 Å². The summed E-state index contributed by atoms with van der Waals surface area (Å²) >= 11 is 0. The summed E-state index contributed by atoms with van der Waals surface area (Å²) < 4.78 is 7.15. The Bertz CT molecular complexity index is 774. The first-order valence-corrected chi connectivity index (χ1v) is 10.3. The van der Waals surface area contributed by atoms with Gasteiger partial charge in [-0.15, -0.1) is 5.10 Å². The number of hydrogen-bond acceptors (Lipinski definition) is 4.